The lowest BCUT2D eigenvalue weighted by atomic mass is 10.1. The van der Waals surface area contributed by atoms with Crippen LogP contribution in [-0.2, 0) is 17.3 Å². The molecule has 0 unspecified atom stereocenters. The van der Waals surface area contributed by atoms with E-state index in [2.05, 4.69) is 31.0 Å². The minimum absolute atomic E-state index is 0.0526. The lowest BCUT2D eigenvalue weighted by molar-refractivity contribution is 0.418. The van der Waals surface area contributed by atoms with Crippen molar-refractivity contribution in [1.29, 1.82) is 0 Å². The first kappa shape index (κ1) is 15.4. The monoisotopic (exact) mass is 298 g/mol. The highest BCUT2D eigenvalue weighted by atomic mass is 32.2. The third-order valence-electron chi connectivity index (χ3n) is 3.41. The topological polar surface area (TPSA) is 32.3 Å². The third-order valence-corrected chi connectivity index (χ3v) is 4.68. The molecule has 1 aliphatic rings. The van der Waals surface area contributed by atoms with Gasteiger partial charge in [-0.1, -0.05) is 6.07 Å². The molecule has 1 heterocycles. The minimum atomic E-state index is -0.715. The van der Waals surface area contributed by atoms with Gasteiger partial charge in [-0.2, -0.15) is 0 Å². The number of benzene rings is 1. The minimum Gasteiger partial charge on any atom is -0.369 e. The van der Waals surface area contributed by atoms with Crippen LogP contribution in [-0.4, -0.2) is 34.3 Å². The van der Waals surface area contributed by atoms with E-state index >= 15 is 0 Å². The van der Waals surface area contributed by atoms with E-state index in [1.54, 1.807) is 6.07 Å². The molecule has 0 radical (unpaired) electrons. The Bertz CT molecular complexity index is 489. The Labute approximate surface area is 123 Å². The number of halogens is 1. The SMILES string of the molecule is CC(C)(C)NCc1c(F)cccc1N1CCS(=O)CC1. The van der Waals surface area contributed by atoms with Crippen LogP contribution in [0, 0.1) is 5.82 Å². The van der Waals surface area contributed by atoms with Gasteiger partial charge in [0.2, 0.25) is 0 Å². The molecule has 1 N–H and O–H groups in total. The van der Waals surface area contributed by atoms with Crippen LogP contribution >= 0.6 is 0 Å². The Balaban J connectivity index is 2.19. The molecule has 0 atom stereocenters. The van der Waals surface area contributed by atoms with Crippen LogP contribution in [0.4, 0.5) is 10.1 Å². The molecular weight excluding hydrogens is 275 g/mol. The molecule has 3 nitrogen and oxygen atoms in total. The number of nitrogens with one attached hydrogen (secondary N) is 1. The Morgan fingerprint density at radius 3 is 2.55 bits per heavy atom. The summed E-state index contributed by atoms with van der Waals surface area (Å²) in [5.41, 5.74) is 1.58. The average Bonchev–Trinajstić information content (AvgIpc) is 2.37. The van der Waals surface area contributed by atoms with Crippen molar-refractivity contribution in [3.05, 3.63) is 29.6 Å². The van der Waals surface area contributed by atoms with Gasteiger partial charge in [-0.3, -0.25) is 4.21 Å². The van der Waals surface area contributed by atoms with Crippen molar-refractivity contribution in [2.24, 2.45) is 0 Å². The summed E-state index contributed by atoms with van der Waals surface area (Å²) in [6.07, 6.45) is 0. The lowest BCUT2D eigenvalue weighted by Gasteiger charge is -2.31. The van der Waals surface area contributed by atoms with E-state index in [9.17, 15) is 8.60 Å². The van der Waals surface area contributed by atoms with Crippen molar-refractivity contribution in [2.45, 2.75) is 32.9 Å². The smallest absolute Gasteiger partial charge is 0.129 e. The Hall–Kier alpha value is -0.940. The second-order valence-corrected chi connectivity index (χ2v) is 7.87. The van der Waals surface area contributed by atoms with Crippen LogP contribution in [0.5, 0.6) is 0 Å². The summed E-state index contributed by atoms with van der Waals surface area (Å²) in [6.45, 7) is 8.18. The van der Waals surface area contributed by atoms with E-state index in [-0.39, 0.29) is 11.4 Å². The maximum Gasteiger partial charge on any atom is 0.129 e. The molecule has 5 heteroatoms. The molecular formula is C15H23FN2OS. The molecule has 0 amide bonds. The molecule has 0 spiro atoms. The number of hydrogen-bond donors (Lipinski definition) is 1. The van der Waals surface area contributed by atoms with Crippen molar-refractivity contribution in [2.75, 3.05) is 29.5 Å². The van der Waals surface area contributed by atoms with Crippen molar-refractivity contribution < 1.29 is 8.60 Å². The maximum atomic E-state index is 14.1. The van der Waals surface area contributed by atoms with Gasteiger partial charge in [0.25, 0.3) is 0 Å². The van der Waals surface area contributed by atoms with Gasteiger partial charge in [0, 0.05) is 58.7 Å². The number of anilines is 1. The predicted octanol–water partition coefficient (Wildman–Crippen LogP) is 2.28. The molecule has 2 rings (SSSR count). The number of rotatable bonds is 3. The molecule has 0 saturated carbocycles. The molecule has 0 bridgehead atoms. The van der Waals surface area contributed by atoms with Crippen LogP contribution in [0.3, 0.4) is 0 Å². The zero-order valence-corrected chi connectivity index (χ0v) is 13.2. The Morgan fingerprint density at radius 2 is 1.95 bits per heavy atom. The maximum absolute atomic E-state index is 14.1. The molecule has 112 valence electrons. The van der Waals surface area contributed by atoms with Crippen molar-refractivity contribution >= 4 is 16.5 Å². The van der Waals surface area contributed by atoms with Gasteiger partial charge in [0.05, 0.1) is 0 Å². The van der Waals surface area contributed by atoms with Crippen LogP contribution < -0.4 is 10.2 Å². The van der Waals surface area contributed by atoms with Crippen LogP contribution in [0.15, 0.2) is 18.2 Å². The van der Waals surface area contributed by atoms with E-state index in [0.717, 1.165) is 18.8 Å². The van der Waals surface area contributed by atoms with E-state index in [4.69, 9.17) is 0 Å². The Morgan fingerprint density at radius 1 is 1.30 bits per heavy atom. The summed E-state index contributed by atoms with van der Waals surface area (Å²) >= 11 is 0. The predicted molar refractivity (Wildman–Crippen MR) is 83.1 cm³/mol. The summed E-state index contributed by atoms with van der Waals surface area (Å²) in [7, 11) is -0.715. The van der Waals surface area contributed by atoms with E-state index in [1.165, 1.54) is 6.07 Å². The first-order valence-corrected chi connectivity index (χ1v) is 8.48. The van der Waals surface area contributed by atoms with Gasteiger partial charge in [0.15, 0.2) is 0 Å². The normalized spacial score (nSPS) is 17.5. The highest BCUT2D eigenvalue weighted by molar-refractivity contribution is 7.85. The number of hydrogen-bond acceptors (Lipinski definition) is 3. The van der Waals surface area contributed by atoms with Crippen LogP contribution in [0.2, 0.25) is 0 Å². The van der Waals surface area contributed by atoms with E-state index in [0.29, 0.717) is 23.6 Å². The average molecular weight is 298 g/mol. The lowest BCUT2D eigenvalue weighted by Crippen LogP contribution is -2.40. The largest absolute Gasteiger partial charge is 0.369 e. The summed E-state index contributed by atoms with van der Waals surface area (Å²) in [5.74, 6) is 1.16. The van der Waals surface area contributed by atoms with Gasteiger partial charge in [-0.25, -0.2) is 4.39 Å². The summed E-state index contributed by atoms with van der Waals surface area (Å²) in [4.78, 5) is 2.14. The standard InChI is InChI=1S/C15H23FN2OS/c1-15(2,3)17-11-12-13(16)5-4-6-14(12)18-7-9-20(19)10-8-18/h4-6,17H,7-11H2,1-3H3. The second kappa shape index (κ2) is 6.22. The Kier molecular flexibility index (Phi) is 4.81. The quantitative estimate of drug-likeness (QED) is 0.929. The molecule has 1 aromatic rings. The molecule has 1 fully saturated rings. The second-order valence-electron chi connectivity index (χ2n) is 6.18. The van der Waals surface area contributed by atoms with E-state index < -0.39 is 10.8 Å². The fourth-order valence-corrected chi connectivity index (χ4v) is 3.30. The third kappa shape index (κ3) is 4.03. The fraction of sp³-hybridized carbons (Fsp3) is 0.600. The van der Waals surface area contributed by atoms with Gasteiger partial charge < -0.3 is 10.2 Å². The van der Waals surface area contributed by atoms with Crippen LogP contribution in [0.1, 0.15) is 26.3 Å². The summed E-state index contributed by atoms with van der Waals surface area (Å²) in [5, 5.41) is 3.34. The van der Waals surface area contributed by atoms with Crippen molar-refractivity contribution in [3.63, 3.8) is 0 Å². The fourth-order valence-electron chi connectivity index (χ4n) is 2.25. The highest BCUT2D eigenvalue weighted by Gasteiger charge is 2.20. The van der Waals surface area contributed by atoms with Crippen LogP contribution in [0.25, 0.3) is 0 Å². The first-order valence-electron chi connectivity index (χ1n) is 6.99. The molecule has 0 aromatic heterocycles. The molecule has 0 aliphatic carbocycles. The molecule has 1 aliphatic heterocycles. The first-order chi connectivity index (χ1) is 9.37. The van der Waals surface area contributed by atoms with Crippen molar-refractivity contribution in [1.82, 2.24) is 5.32 Å². The highest BCUT2D eigenvalue weighted by Crippen LogP contribution is 2.25. The van der Waals surface area contributed by atoms with E-state index in [1.807, 2.05) is 6.07 Å². The van der Waals surface area contributed by atoms with Gasteiger partial charge in [-0.05, 0) is 32.9 Å². The summed E-state index contributed by atoms with van der Waals surface area (Å²) in [6, 6.07) is 5.21. The van der Waals surface area contributed by atoms with Crippen molar-refractivity contribution in [3.8, 4) is 0 Å². The van der Waals surface area contributed by atoms with Gasteiger partial charge in [-0.15, -0.1) is 0 Å². The summed E-state index contributed by atoms with van der Waals surface area (Å²) < 4.78 is 25.6. The molecule has 1 aromatic carbocycles. The zero-order chi connectivity index (χ0) is 14.8. The molecule has 20 heavy (non-hydrogen) atoms. The number of nitrogens with zero attached hydrogens (tertiary/aromatic N) is 1. The van der Waals surface area contributed by atoms with Gasteiger partial charge >= 0.3 is 0 Å². The molecule has 1 saturated heterocycles. The zero-order valence-electron chi connectivity index (χ0n) is 12.4. The van der Waals surface area contributed by atoms with Gasteiger partial charge in [0.1, 0.15) is 5.82 Å².